The first-order valence-corrected chi connectivity index (χ1v) is 10.1. The molecule has 1 aromatic heterocycles. The second-order valence-corrected chi connectivity index (χ2v) is 7.41. The lowest BCUT2D eigenvalue weighted by Gasteiger charge is -2.08. The topological polar surface area (TPSA) is 89.5 Å². The van der Waals surface area contributed by atoms with Crippen molar-refractivity contribution in [1.82, 2.24) is 10.3 Å². The highest BCUT2D eigenvalue weighted by molar-refractivity contribution is 7.80. The number of aromatic nitrogens is 1. The van der Waals surface area contributed by atoms with Gasteiger partial charge in [-0.1, -0.05) is 18.3 Å². The molecule has 0 radical (unpaired) electrons. The molecule has 0 fully saturated rings. The maximum atomic E-state index is 12.3. The number of carbonyl (C=O) groups is 2. The van der Waals surface area contributed by atoms with Crippen molar-refractivity contribution in [3.63, 3.8) is 0 Å². The Morgan fingerprint density at radius 2 is 1.86 bits per heavy atom. The predicted octanol–water partition coefficient (Wildman–Crippen LogP) is 4.00. The number of rotatable bonds is 6. The quantitative estimate of drug-likeness (QED) is 0.452. The number of nitrogens with one attached hydrogen (secondary N) is 2. The Labute approximate surface area is 177 Å². The molecule has 1 amide bonds. The number of benzene rings is 2. The zero-order valence-corrected chi connectivity index (χ0v) is 17.5. The van der Waals surface area contributed by atoms with Crippen LogP contribution in [0.3, 0.4) is 0 Å². The molecule has 3 aromatic rings. The molecule has 0 bridgehead atoms. The maximum Gasteiger partial charge on any atom is 0.337 e. The van der Waals surface area contributed by atoms with E-state index in [1.165, 1.54) is 18.4 Å². The summed E-state index contributed by atoms with van der Waals surface area (Å²) in [5.74, 6) is -0.0350. The van der Waals surface area contributed by atoms with Crippen LogP contribution in [0.2, 0.25) is 0 Å². The molecule has 0 unspecified atom stereocenters. The van der Waals surface area contributed by atoms with E-state index in [-0.39, 0.29) is 11.0 Å². The molecular formula is C20H19N3O4S2. The Kier molecular flexibility index (Phi) is 6.73. The van der Waals surface area contributed by atoms with Gasteiger partial charge in [-0.15, -0.1) is 0 Å². The van der Waals surface area contributed by atoms with E-state index < -0.39 is 5.97 Å². The van der Waals surface area contributed by atoms with Gasteiger partial charge in [0.15, 0.2) is 10.2 Å². The lowest BCUT2D eigenvalue weighted by molar-refractivity contribution is 0.0600. The second kappa shape index (κ2) is 9.44. The van der Waals surface area contributed by atoms with Gasteiger partial charge in [-0.05, 0) is 61.1 Å². The normalized spacial score (nSPS) is 10.4. The third-order valence-corrected chi connectivity index (χ3v) is 4.98. The lowest BCUT2D eigenvalue weighted by Crippen LogP contribution is -2.34. The van der Waals surface area contributed by atoms with Gasteiger partial charge in [0.25, 0.3) is 5.91 Å². The zero-order valence-electron chi connectivity index (χ0n) is 15.9. The van der Waals surface area contributed by atoms with Gasteiger partial charge in [0.1, 0.15) is 5.75 Å². The van der Waals surface area contributed by atoms with Crippen molar-refractivity contribution in [3.8, 4) is 5.75 Å². The second-order valence-electron chi connectivity index (χ2n) is 5.97. The Hall–Kier alpha value is -3.04. The van der Waals surface area contributed by atoms with Gasteiger partial charge < -0.3 is 14.8 Å². The monoisotopic (exact) mass is 429 g/mol. The third-order valence-electron chi connectivity index (χ3n) is 3.85. The van der Waals surface area contributed by atoms with Gasteiger partial charge in [0.05, 0.1) is 29.5 Å². The van der Waals surface area contributed by atoms with Gasteiger partial charge in [-0.2, -0.15) is 0 Å². The maximum absolute atomic E-state index is 12.3. The van der Waals surface area contributed by atoms with Crippen LogP contribution < -0.4 is 15.4 Å². The number of hydrogen-bond acceptors (Lipinski definition) is 7. The van der Waals surface area contributed by atoms with Gasteiger partial charge in [-0.25, -0.2) is 9.78 Å². The van der Waals surface area contributed by atoms with Crippen LogP contribution in [0.4, 0.5) is 5.13 Å². The number of thiocarbonyl (C=S) groups is 1. The third kappa shape index (κ3) is 5.27. The molecule has 0 saturated carbocycles. The number of fused-ring (bicyclic) bond motifs is 1. The van der Waals surface area contributed by atoms with Crippen LogP contribution in [0.15, 0.2) is 42.5 Å². The molecule has 2 aromatic carbocycles. The number of methoxy groups -OCH3 is 1. The molecule has 0 spiro atoms. The smallest absolute Gasteiger partial charge is 0.337 e. The minimum Gasteiger partial charge on any atom is -0.494 e. The molecule has 2 N–H and O–H groups in total. The number of esters is 1. The van der Waals surface area contributed by atoms with Crippen LogP contribution in [0.25, 0.3) is 10.2 Å². The van der Waals surface area contributed by atoms with Gasteiger partial charge >= 0.3 is 5.97 Å². The summed E-state index contributed by atoms with van der Waals surface area (Å²) in [6.07, 6.45) is 0.915. The molecule has 9 heteroatoms. The molecular weight excluding hydrogens is 410 g/mol. The summed E-state index contributed by atoms with van der Waals surface area (Å²) in [6.45, 7) is 2.65. The van der Waals surface area contributed by atoms with Crippen molar-refractivity contribution in [1.29, 1.82) is 0 Å². The van der Waals surface area contributed by atoms with E-state index >= 15 is 0 Å². The lowest BCUT2D eigenvalue weighted by atomic mass is 10.2. The number of carbonyl (C=O) groups excluding carboxylic acids is 2. The summed E-state index contributed by atoms with van der Waals surface area (Å²) in [5, 5.41) is 6.17. The molecule has 0 saturated heterocycles. The number of thiazole rings is 1. The predicted molar refractivity (Wildman–Crippen MR) is 117 cm³/mol. The number of amides is 1. The molecule has 0 atom stereocenters. The fraction of sp³-hybridized carbons (Fsp3) is 0.200. The highest BCUT2D eigenvalue weighted by Crippen LogP contribution is 2.27. The van der Waals surface area contributed by atoms with Crippen LogP contribution in [0, 0.1) is 0 Å². The van der Waals surface area contributed by atoms with E-state index in [2.05, 4.69) is 15.6 Å². The Morgan fingerprint density at radius 3 is 2.55 bits per heavy atom. The summed E-state index contributed by atoms with van der Waals surface area (Å²) < 4.78 is 11.0. The highest BCUT2D eigenvalue weighted by atomic mass is 32.1. The standard InChI is InChI=1S/C20H19N3O4S2/c1-3-10-27-14-7-4-12(5-8-14)17(24)22-19(28)23-20-21-15-9-6-13(18(25)26-2)11-16(15)29-20/h4-9,11H,3,10H2,1-2H3,(H2,21,22,23,24,28). The van der Waals surface area contributed by atoms with E-state index in [4.69, 9.17) is 21.7 Å². The fourth-order valence-corrected chi connectivity index (χ4v) is 3.61. The summed E-state index contributed by atoms with van der Waals surface area (Å²) in [6, 6.07) is 11.9. The van der Waals surface area contributed by atoms with Gasteiger partial charge in [0, 0.05) is 5.56 Å². The molecule has 0 aliphatic heterocycles. The van der Waals surface area contributed by atoms with Crippen LogP contribution >= 0.6 is 23.6 Å². The SMILES string of the molecule is CCCOc1ccc(C(=O)NC(=S)Nc2nc3ccc(C(=O)OC)cc3s2)cc1. The van der Waals surface area contributed by atoms with E-state index in [1.54, 1.807) is 42.5 Å². The van der Waals surface area contributed by atoms with Crippen molar-refractivity contribution in [2.75, 3.05) is 19.0 Å². The van der Waals surface area contributed by atoms with Gasteiger partial charge in [0.2, 0.25) is 0 Å². The molecule has 3 rings (SSSR count). The average molecular weight is 430 g/mol. The molecule has 0 aliphatic carbocycles. The Balaban J connectivity index is 1.62. The average Bonchev–Trinajstić information content (AvgIpc) is 3.13. The molecule has 29 heavy (non-hydrogen) atoms. The van der Waals surface area contributed by atoms with Crippen LogP contribution in [0.5, 0.6) is 5.75 Å². The van der Waals surface area contributed by atoms with Crippen molar-refractivity contribution in [3.05, 3.63) is 53.6 Å². The summed E-state index contributed by atoms with van der Waals surface area (Å²) in [5.41, 5.74) is 1.62. The highest BCUT2D eigenvalue weighted by Gasteiger charge is 2.12. The first-order valence-electron chi connectivity index (χ1n) is 8.84. The van der Waals surface area contributed by atoms with E-state index in [0.29, 0.717) is 34.1 Å². The number of anilines is 1. The van der Waals surface area contributed by atoms with E-state index in [0.717, 1.165) is 11.1 Å². The fourth-order valence-electron chi connectivity index (χ4n) is 2.45. The minimum atomic E-state index is -0.413. The number of nitrogens with zero attached hydrogens (tertiary/aromatic N) is 1. The molecule has 150 valence electrons. The van der Waals surface area contributed by atoms with Crippen molar-refractivity contribution in [2.24, 2.45) is 0 Å². The zero-order chi connectivity index (χ0) is 20.8. The number of ether oxygens (including phenoxy) is 2. The van der Waals surface area contributed by atoms with Gasteiger partial charge in [-0.3, -0.25) is 10.1 Å². The molecule has 7 nitrogen and oxygen atoms in total. The van der Waals surface area contributed by atoms with Crippen LogP contribution in [-0.4, -0.2) is 35.7 Å². The Morgan fingerprint density at radius 1 is 1.14 bits per heavy atom. The van der Waals surface area contributed by atoms with Crippen LogP contribution in [0.1, 0.15) is 34.1 Å². The molecule has 1 heterocycles. The summed E-state index contributed by atoms with van der Waals surface area (Å²) in [4.78, 5) is 28.4. The van der Waals surface area contributed by atoms with E-state index in [9.17, 15) is 9.59 Å². The van der Waals surface area contributed by atoms with Crippen molar-refractivity contribution >= 4 is 55.9 Å². The minimum absolute atomic E-state index is 0.133. The number of hydrogen-bond donors (Lipinski definition) is 2. The first-order chi connectivity index (χ1) is 14.0. The first kappa shape index (κ1) is 20.7. The summed E-state index contributed by atoms with van der Waals surface area (Å²) in [7, 11) is 1.33. The Bertz CT molecular complexity index is 1050. The van der Waals surface area contributed by atoms with Crippen LogP contribution in [-0.2, 0) is 4.74 Å². The summed E-state index contributed by atoms with van der Waals surface area (Å²) >= 11 is 6.53. The van der Waals surface area contributed by atoms with E-state index in [1.807, 2.05) is 6.92 Å². The van der Waals surface area contributed by atoms with Crippen molar-refractivity contribution < 1.29 is 19.1 Å². The largest absolute Gasteiger partial charge is 0.494 e. The molecule has 0 aliphatic rings. The van der Waals surface area contributed by atoms with Crippen molar-refractivity contribution in [2.45, 2.75) is 13.3 Å².